The number of pyridine rings is 1. The van der Waals surface area contributed by atoms with E-state index in [9.17, 15) is 9.59 Å². The van der Waals surface area contributed by atoms with Gasteiger partial charge in [-0.3, -0.25) is 14.2 Å². The predicted molar refractivity (Wildman–Crippen MR) is 110 cm³/mol. The van der Waals surface area contributed by atoms with Gasteiger partial charge < -0.3 is 10.2 Å². The van der Waals surface area contributed by atoms with Crippen molar-refractivity contribution in [2.75, 3.05) is 25.0 Å². The summed E-state index contributed by atoms with van der Waals surface area (Å²) in [7, 11) is 0. The second-order valence-corrected chi connectivity index (χ2v) is 8.41. The standard InChI is InChI=1S/C20H26ClN5O2/c1-12(15-3-4-15)26-19-16(5-6-17(21)24-19)23-18(20(26)28)22-11-14-7-9-25(10-8-14)13(2)27/h5-6,12,14-15H,3-4,7-11H2,1-2H3,(H,22,23). The van der Waals surface area contributed by atoms with Gasteiger partial charge in [0.15, 0.2) is 11.5 Å². The maximum Gasteiger partial charge on any atom is 0.295 e. The van der Waals surface area contributed by atoms with Crippen LogP contribution in [0, 0.1) is 11.8 Å². The monoisotopic (exact) mass is 403 g/mol. The topological polar surface area (TPSA) is 80.1 Å². The predicted octanol–water partition coefficient (Wildman–Crippen LogP) is 3.09. The molecule has 2 fully saturated rings. The van der Waals surface area contributed by atoms with E-state index >= 15 is 0 Å². The third kappa shape index (κ3) is 3.85. The van der Waals surface area contributed by atoms with Gasteiger partial charge in [0, 0.05) is 32.6 Å². The molecule has 7 nitrogen and oxygen atoms in total. The fourth-order valence-corrected chi connectivity index (χ4v) is 4.18. The number of nitrogens with one attached hydrogen (secondary N) is 1. The summed E-state index contributed by atoms with van der Waals surface area (Å²) in [5.74, 6) is 1.43. The van der Waals surface area contributed by atoms with E-state index in [4.69, 9.17) is 11.6 Å². The highest BCUT2D eigenvalue weighted by Gasteiger charge is 2.32. The first-order valence-electron chi connectivity index (χ1n) is 10.0. The molecule has 0 bridgehead atoms. The third-order valence-electron chi connectivity index (χ3n) is 6.03. The molecule has 2 aromatic rings. The van der Waals surface area contributed by atoms with Crippen LogP contribution in [0.5, 0.6) is 0 Å². The number of piperidine rings is 1. The second kappa shape index (κ2) is 7.70. The molecule has 1 aliphatic carbocycles. The summed E-state index contributed by atoms with van der Waals surface area (Å²) in [4.78, 5) is 35.5. The van der Waals surface area contributed by atoms with Crippen LogP contribution in [0.15, 0.2) is 16.9 Å². The highest BCUT2D eigenvalue weighted by Crippen LogP contribution is 2.39. The molecule has 0 radical (unpaired) electrons. The molecule has 1 N–H and O–H groups in total. The molecule has 1 amide bonds. The number of aromatic nitrogens is 3. The Balaban J connectivity index is 1.57. The van der Waals surface area contributed by atoms with Crippen LogP contribution in [0.2, 0.25) is 5.15 Å². The van der Waals surface area contributed by atoms with E-state index in [1.54, 1.807) is 17.6 Å². The van der Waals surface area contributed by atoms with Gasteiger partial charge in [-0.1, -0.05) is 11.6 Å². The quantitative estimate of drug-likeness (QED) is 0.776. The first-order chi connectivity index (χ1) is 13.4. The van der Waals surface area contributed by atoms with Gasteiger partial charge in [0.1, 0.15) is 10.7 Å². The van der Waals surface area contributed by atoms with E-state index in [-0.39, 0.29) is 17.5 Å². The Morgan fingerprint density at radius 3 is 2.61 bits per heavy atom. The number of carbonyl (C=O) groups excluding carboxylic acids is 1. The average Bonchev–Trinajstić information content (AvgIpc) is 3.52. The van der Waals surface area contributed by atoms with E-state index in [0.717, 1.165) is 38.8 Å². The SMILES string of the molecule is CC(=O)N1CCC(CNc2nc3ccc(Cl)nc3n(C(C)C3CC3)c2=O)CC1. The maximum absolute atomic E-state index is 13.2. The van der Waals surface area contributed by atoms with Gasteiger partial charge in [-0.25, -0.2) is 9.97 Å². The zero-order chi connectivity index (χ0) is 19.8. The van der Waals surface area contributed by atoms with Crippen molar-refractivity contribution < 1.29 is 4.79 Å². The Labute approximate surface area is 169 Å². The first kappa shape index (κ1) is 19.2. The Bertz CT molecular complexity index is 947. The molecule has 3 heterocycles. The summed E-state index contributed by atoms with van der Waals surface area (Å²) in [6.45, 7) is 5.92. The molecule has 8 heteroatoms. The fraction of sp³-hybridized carbons (Fsp3) is 0.600. The summed E-state index contributed by atoms with van der Waals surface area (Å²) in [5, 5.41) is 3.64. The minimum atomic E-state index is -0.136. The zero-order valence-electron chi connectivity index (χ0n) is 16.3. The van der Waals surface area contributed by atoms with Crippen molar-refractivity contribution in [2.45, 2.75) is 45.6 Å². The van der Waals surface area contributed by atoms with Gasteiger partial charge in [0.05, 0.1) is 0 Å². The number of carbonyl (C=O) groups is 1. The molecule has 1 saturated carbocycles. The number of rotatable bonds is 5. The zero-order valence-corrected chi connectivity index (χ0v) is 17.1. The number of halogens is 1. The molecular weight excluding hydrogens is 378 g/mol. The highest BCUT2D eigenvalue weighted by atomic mass is 35.5. The van der Waals surface area contributed by atoms with Crippen molar-refractivity contribution in [2.24, 2.45) is 11.8 Å². The Morgan fingerprint density at radius 2 is 1.96 bits per heavy atom. The average molecular weight is 404 g/mol. The fourth-order valence-electron chi connectivity index (χ4n) is 4.04. The Hall–Kier alpha value is -2.15. The molecule has 150 valence electrons. The van der Waals surface area contributed by atoms with Crippen LogP contribution in [-0.4, -0.2) is 45.0 Å². The normalized spacial score (nSPS) is 19.0. The van der Waals surface area contributed by atoms with E-state index in [0.29, 0.717) is 40.5 Å². The third-order valence-corrected chi connectivity index (χ3v) is 6.24. The Morgan fingerprint density at radius 1 is 1.25 bits per heavy atom. The minimum absolute atomic E-state index is 0.0725. The molecule has 2 aliphatic rings. The second-order valence-electron chi connectivity index (χ2n) is 8.02. The number of anilines is 1. The van der Waals surface area contributed by atoms with Crippen molar-refractivity contribution in [3.8, 4) is 0 Å². The van der Waals surface area contributed by atoms with Crippen LogP contribution >= 0.6 is 11.6 Å². The van der Waals surface area contributed by atoms with Crippen molar-refractivity contribution in [3.63, 3.8) is 0 Å². The van der Waals surface area contributed by atoms with Crippen LogP contribution in [-0.2, 0) is 4.79 Å². The van der Waals surface area contributed by atoms with Crippen LogP contribution in [0.3, 0.4) is 0 Å². The lowest BCUT2D eigenvalue weighted by Gasteiger charge is -2.31. The van der Waals surface area contributed by atoms with Crippen LogP contribution < -0.4 is 10.9 Å². The molecule has 1 unspecified atom stereocenters. The molecule has 1 aliphatic heterocycles. The van der Waals surface area contributed by atoms with Crippen LogP contribution in [0.4, 0.5) is 5.82 Å². The number of likely N-dealkylation sites (tertiary alicyclic amines) is 1. The van der Waals surface area contributed by atoms with Crippen LogP contribution in [0.1, 0.15) is 45.6 Å². The van der Waals surface area contributed by atoms with Crippen molar-refractivity contribution in [1.82, 2.24) is 19.4 Å². The number of amides is 1. The summed E-state index contributed by atoms with van der Waals surface area (Å²) in [5.41, 5.74) is 1.09. The van der Waals surface area contributed by atoms with E-state index < -0.39 is 0 Å². The number of hydrogen-bond acceptors (Lipinski definition) is 5. The minimum Gasteiger partial charge on any atom is -0.365 e. The smallest absolute Gasteiger partial charge is 0.295 e. The lowest BCUT2D eigenvalue weighted by atomic mass is 9.97. The van der Waals surface area contributed by atoms with Gasteiger partial charge in [-0.15, -0.1) is 0 Å². The van der Waals surface area contributed by atoms with Gasteiger partial charge in [-0.05, 0) is 56.6 Å². The summed E-state index contributed by atoms with van der Waals surface area (Å²) in [6.07, 6.45) is 4.14. The van der Waals surface area contributed by atoms with Crippen molar-refractivity contribution in [3.05, 3.63) is 27.6 Å². The molecule has 4 rings (SSSR count). The molecule has 0 aromatic carbocycles. The maximum atomic E-state index is 13.2. The number of nitrogens with zero attached hydrogens (tertiary/aromatic N) is 4. The highest BCUT2D eigenvalue weighted by molar-refractivity contribution is 6.29. The van der Waals surface area contributed by atoms with E-state index in [2.05, 4.69) is 22.2 Å². The van der Waals surface area contributed by atoms with Gasteiger partial charge in [0.25, 0.3) is 5.56 Å². The number of hydrogen-bond donors (Lipinski definition) is 1. The van der Waals surface area contributed by atoms with Gasteiger partial charge >= 0.3 is 0 Å². The molecule has 2 aromatic heterocycles. The largest absolute Gasteiger partial charge is 0.365 e. The lowest BCUT2D eigenvalue weighted by Crippen LogP contribution is -2.39. The van der Waals surface area contributed by atoms with Crippen molar-refractivity contribution in [1.29, 1.82) is 0 Å². The van der Waals surface area contributed by atoms with Gasteiger partial charge in [0.2, 0.25) is 5.91 Å². The lowest BCUT2D eigenvalue weighted by molar-refractivity contribution is -0.130. The van der Waals surface area contributed by atoms with Gasteiger partial charge in [-0.2, -0.15) is 0 Å². The van der Waals surface area contributed by atoms with E-state index in [1.807, 2.05) is 11.0 Å². The summed E-state index contributed by atoms with van der Waals surface area (Å²) >= 11 is 6.08. The summed E-state index contributed by atoms with van der Waals surface area (Å²) in [6, 6.07) is 3.59. The van der Waals surface area contributed by atoms with E-state index in [1.165, 1.54) is 0 Å². The molecule has 0 spiro atoms. The number of fused-ring (bicyclic) bond motifs is 1. The molecular formula is C20H26ClN5O2. The van der Waals surface area contributed by atoms with Crippen molar-refractivity contribution >= 4 is 34.5 Å². The molecule has 28 heavy (non-hydrogen) atoms. The first-order valence-corrected chi connectivity index (χ1v) is 10.4. The Kier molecular flexibility index (Phi) is 5.27. The summed E-state index contributed by atoms with van der Waals surface area (Å²) < 4.78 is 1.76. The van der Waals surface area contributed by atoms with Crippen LogP contribution in [0.25, 0.3) is 11.2 Å². The molecule has 1 saturated heterocycles. The molecule has 1 atom stereocenters.